The molecule has 2 aromatic carbocycles. The highest BCUT2D eigenvalue weighted by atomic mass is 16.5. The van der Waals surface area contributed by atoms with E-state index in [1.165, 1.54) is 11.1 Å². The summed E-state index contributed by atoms with van der Waals surface area (Å²) in [4.78, 5) is 12.5. The summed E-state index contributed by atoms with van der Waals surface area (Å²) in [5.74, 6) is 3.27. The van der Waals surface area contributed by atoms with Crippen molar-refractivity contribution in [3.05, 3.63) is 71.3 Å². The number of ketones is 1. The maximum Gasteiger partial charge on any atom is 0.161 e. The normalized spacial score (nSPS) is 28.1. The lowest BCUT2D eigenvalue weighted by atomic mass is 9.55. The van der Waals surface area contributed by atoms with Gasteiger partial charge in [-0.25, -0.2) is 0 Å². The van der Waals surface area contributed by atoms with Crippen LogP contribution in [0.15, 0.2) is 54.6 Å². The van der Waals surface area contributed by atoms with Gasteiger partial charge in [-0.15, -0.1) is 0 Å². The van der Waals surface area contributed by atoms with Crippen molar-refractivity contribution >= 4 is 5.78 Å². The molecule has 0 spiro atoms. The largest absolute Gasteiger partial charge is 0.487 e. The van der Waals surface area contributed by atoms with Crippen LogP contribution in [0.5, 0.6) is 11.5 Å². The van der Waals surface area contributed by atoms with Gasteiger partial charge in [0.05, 0.1) is 6.61 Å². The molecular weight excluding hydrogens is 400 g/mol. The summed E-state index contributed by atoms with van der Waals surface area (Å²) in [6, 6.07) is 14.6. The number of hydrogen-bond acceptors (Lipinski definition) is 4. The zero-order valence-electron chi connectivity index (χ0n) is 19.0. The molecule has 0 heterocycles. The molecule has 4 heteroatoms. The van der Waals surface area contributed by atoms with Gasteiger partial charge in [0.25, 0.3) is 0 Å². The summed E-state index contributed by atoms with van der Waals surface area (Å²) < 4.78 is 17.5. The van der Waals surface area contributed by atoms with Gasteiger partial charge in [0.2, 0.25) is 0 Å². The summed E-state index contributed by atoms with van der Waals surface area (Å²) in [6.45, 7) is 3.71. The molecule has 0 aromatic heterocycles. The van der Waals surface area contributed by atoms with Crippen LogP contribution in [-0.2, 0) is 22.6 Å². The zero-order chi connectivity index (χ0) is 22.1. The van der Waals surface area contributed by atoms with E-state index in [1.54, 1.807) is 7.11 Å². The number of ether oxygens (including phenoxy) is 3. The van der Waals surface area contributed by atoms with E-state index in [0.717, 1.165) is 42.7 Å². The minimum atomic E-state index is -0.199. The average Bonchev–Trinajstić information content (AvgIpc) is 3.12. The quantitative estimate of drug-likeness (QED) is 0.543. The van der Waals surface area contributed by atoms with Crippen molar-refractivity contribution in [3.8, 4) is 11.5 Å². The first-order valence-electron chi connectivity index (χ1n) is 11.8. The van der Waals surface area contributed by atoms with Gasteiger partial charge in [-0.05, 0) is 78.3 Å². The lowest BCUT2D eigenvalue weighted by Gasteiger charge is -2.48. The first kappa shape index (κ1) is 21.3. The molecule has 0 saturated heterocycles. The van der Waals surface area contributed by atoms with Crippen LogP contribution in [0.3, 0.4) is 0 Å². The second kappa shape index (κ2) is 8.74. The van der Waals surface area contributed by atoms with Crippen molar-refractivity contribution in [2.75, 3.05) is 20.3 Å². The highest BCUT2D eigenvalue weighted by Crippen LogP contribution is 2.58. The Labute approximate surface area is 190 Å². The topological polar surface area (TPSA) is 44.8 Å². The Morgan fingerprint density at radius 1 is 1.03 bits per heavy atom. The Hall–Kier alpha value is -2.59. The minimum Gasteiger partial charge on any atom is -0.487 e. The van der Waals surface area contributed by atoms with Gasteiger partial charge >= 0.3 is 0 Å². The summed E-state index contributed by atoms with van der Waals surface area (Å²) in [7, 11) is 1.68. The number of rotatable bonds is 7. The predicted octanol–water partition coefficient (Wildman–Crippen LogP) is 5.49. The van der Waals surface area contributed by atoms with Crippen LogP contribution in [-0.4, -0.2) is 26.1 Å². The van der Waals surface area contributed by atoms with Gasteiger partial charge < -0.3 is 14.2 Å². The fourth-order valence-corrected chi connectivity index (χ4v) is 6.05. The Bertz CT molecular complexity index is 1010. The van der Waals surface area contributed by atoms with Crippen molar-refractivity contribution in [2.24, 2.45) is 17.3 Å². The van der Waals surface area contributed by atoms with Crippen LogP contribution in [0.4, 0.5) is 0 Å². The van der Waals surface area contributed by atoms with E-state index in [0.29, 0.717) is 43.4 Å². The van der Waals surface area contributed by atoms with E-state index in [2.05, 4.69) is 37.3 Å². The lowest BCUT2D eigenvalue weighted by molar-refractivity contribution is -0.126. The third kappa shape index (κ3) is 3.75. The van der Waals surface area contributed by atoms with E-state index in [4.69, 9.17) is 14.2 Å². The number of hydrogen-bond donors (Lipinski definition) is 0. The second-order valence-electron chi connectivity index (χ2n) is 9.63. The highest BCUT2D eigenvalue weighted by molar-refractivity contribution is 5.97. The molecule has 1 saturated carbocycles. The number of carbonyl (C=O) groups is 1. The third-order valence-corrected chi connectivity index (χ3v) is 7.84. The monoisotopic (exact) mass is 432 g/mol. The Kier molecular flexibility index (Phi) is 5.81. The number of allylic oxidation sites excluding steroid dienone is 2. The van der Waals surface area contributed by atoms with Gasteiger partial charge in [0, 0.05) is 12.5 Å². The SMILES string of the molecule is COCCOc1cc2c(cc1OCc1ccccc1)CC[C@@H]1[C@@H]2CC[C@]2(C)C(=O)C=C[C@@H]12. The molecule has 4 nitrogen and oxygen atoms in total. The van der Waals surface area contributed by atoms with Gasteiger partial charge in [0.1, 0.15) is 13.2 Å². The molecule has 0 amide bonds. The molecule has 0 unspecified atom stereocenters. The number of aryl methyl sites for hydroxylation is 1. The molecule has 0 radical (unpaired) electrons. The van der Waals surface area contributed by atoms with E-state index in [9.17, 15) is 4.79 Å². The number of methoxy groups -OCH3 is 1. The van der Waals surface area contributed by atoms with Gasteiger partial charge in [-0.3, -0.25) is 4.79 Å². The molecule has 2 aromatic rings. The molecule has 0 bridgehead atoms. The number of fused-ring (bicyclic) bond motifs is 5. The van der Waals surface area contributed by atoms with E-state index >= 15 is 0 Å². The van der Waals surface area contributed by atoms with Crippen molar-refractivity contribution in [3.63, 3.8) is 0 Å². The van der Waals surface area contributed by atoms with E-state index in [1.807, 2.05) is 24.3 Å². The molecule has 1 fully saturated rings. The maximum absolute atomic E-state index is 12.5. The highest BCUT2D eigenvalue weighted by Gasteiger charge is 2.52. The van der Waals surface area contributed by atoms with Gasteiger partial charge in [-0.1, -0.05) is 43.3 Å². The van der Waals surface area contributed by atoms with Crippen molar-refractivity contribution < 1.29 is 19.0 Å². The molecule has 4 atom stereocenters. The molecule has 0 N–H and O–H groups in total. The van der Waals surface area contributed by atoms with Gasteiger partial charge in [0.15, 0.2) is 17.3 Å². The molecule has 3 aliphatic carbocycles. The van der Waals surface area contributed by atoms with Crippen LogP contribution in [0.2, 0.25) is 0 Å². The average molecular weight is 433 g/mol. The standard InChI is InChI=1S/C28H32O4/c1-28-13-12-21-22(24(28)10-11-27(28)29)9-8-20-16-25(32-18-19-6-4-3-5-7-19)26(17-23(20)21)31-15-14-30-2/h3-7,10-11,16-17,21-22,24H,8-9,12-15,18H2,1-2H3/t21-,22+,24-,28-/m0/s1. The van der Waals surface area contributed by atoms with E-state index in [-0.39, 0.29) is 5.41 Å². The first-order valence-corrected chi connectivity index (χ1v) is 11.8. The van der Waals surface area contributed by atoms with Crippen molar-refractivity contribution in [2.45, 2.75) is 45.1 Å². The maximum atomic E-state index is 12.5. The summed E-state index contributed by atoms with van der Waals surface area (Å²) in [6.07, 6.45) is 8.18. The van der Waals surface area contributed by atoms with Crippen molar-refractivity contribution in [1.29, 1.82) is 0 Å². The smallest absolute Gasteiger partial charge is 0.161 e. The Morgan fingerprint density at radius 3 is 2.66 bits per heavy atom. The van der Waals surface area contributed by atoms with Crippen LogP contribution < -0.4 is 9.47 Å². The third-order valence-electron chi connectivity index (χ3n) is 7.84. The molecule has 168 valence electrons. The van der Waals surface area contributed by atoms with Crippen molar-refractivity contribution in [1.82, 2.24) is 0 Å². The lowest BCUT2D eigenvalue weighted by Crippen LogP contribution is -2.42. The number of benzene rings is 2. The summed E-state index contributed by atoms with van der Waals surface area (Å²) >= 11 is 0. The fraction of sp³-hybridized carbons (Fsp3) is 0.464. The molecule has 5 rings (SSSR count). The Balaban J connectivity index is 1.43. The molecule has 0 aliphatic heterocycles. The minimum absolute atomic E-state index is 0.199. The van der Waals surface area contributed by atoms with E-state index < -0.39 is 0 Å². The summed E-state index contributed by atoms with van der Waals surface area (Å²) in [5, 5.41) is 0. The van der Waals surface area contributed by atoms with Crippen LogP contribution in [0, 0.1) is 17.3 Å². The van der Waals surface area contributed by atoms with Gasteiger partial charge in [-0.2, -0.15) is 0 Å². The summed E-state index contributed by atoms with van der Waals surface area (Å²) in [5.41, 5.74) is 3.69. The molecular formula is C28H32O4. The van der Waals surface area contributed by atoms with Crippen LogP contribution in [0.1, 0.15) is 48.8 Å². The van der Waals surface area contributed by atoms with Crippen LogP contribution >= 0.6 is 0 Å². The first-order chi connectivity index (χ1) is 15.6. The number of carbonyl (C=O) groups excluding carboxylic acids is 1. The Morgan fingerprint density at radius 2 is 1.84 bits per heavy atom. The molecule has 32 heavy (non-hydrogen) atoms. The second-order valence-corrected chi connectivity index (χ2v) is 9.63. The zero-order valence-corrected chi connectivity index (χ0v) is 19.0. The molecule has 3 aliphatic rings. The fourth-order valence-electron chi connectivity index (χ4n) is 6.05. The predicted molar refractivity (Wildman–Crippen MR) is 124 cm³/mol. The van der Waals surface area contributed by atoms with Crippen LogP contribution in [0.25, 0.3) is 0 Å².